The van der Waals surface area contributed by atoms with Crippen molar-refractivity contribution in [3.63, 3.8) is 0 Å². The van der Waals surface area contributed by atoms with Crippen LogP contribution in [0.2, 0.25) is 0 Å². The average Bonchev–Trinajstić information content (AvgIpc) is 2.63. The minimum absolute atomic E-state index is 0.134. The molecule has 0 N–H and O–H groups in total. The van der Waals surface area contributed by atoms with E-state index in [9.17, 15) is 4.79 Å². The molecule has 0 amide bonds. The Bertz CT molecular complexity index is 673. The van der Waals surface area contributed by atoms with Crippen LogP contribution in [-0.4, -0.2) is 24.0 Å². The van der Waals surface area contributed by atoms with Gasteiger partial charge in [-0.1, -0.05) is 48.6 Å². The Hall–Kier alpha value is -2.52. The second-order valence-corrected chi connectivity index (χ2v) is 5.39. The van der Waals surface area contributed by atoms with Crippen LogP contribution >= 0.6 is 0 Å². The third-order valence-corrected chi connectivity index (χ3v) is 3.47. The summed E-state index contributed by atoms with van der Waals surface area (Å²) in [7, 11) is 0. The van der Waals surface area contributed by atoms with Gasteiger partial charge in [0, 0.05) is 32.0 Å². The summed E-state index contributed by atoms with van der Waals surface area (Å²) in [4.78, 5) is 15.8. The van der Waals surface area contributed by atoms with Crippen molar-refractivity contribution in [1.82, 2.24) is 4.98 Å². The normalized spacial score (nSPS) is 11.4. The maximum atomic E-state index is 11.7. The van der Waals surface area contributed by atoms with Crippen LogP contribution in [0.1, 0.15) is 36.5 Å². The lowest BCUT2D eigenvalue weighted by Crippen LogP contribution is -1.98. The van der Waals surface area contributed by atoms with E-state index >= 15 is 0 Å². The van der Waals surface area contributed by atoms with E-state index in [1.54, 1.807) is 12.3 Å². The van der Waals surface area contributed by atoms with E-state index in [2.05, 4.69) is 4.98 Å². The molecule has 2 rings (SSSR count). The number of benzene rings is 1. The summed E-state index contributed by atoms with van der Waals surface area (Å²) in [5.41, 5.74) is 3.20. The van der Waals surface area contributed by atoms with Crippen LogP contribution in [0.25, 0.3) is 18.2 Å². The topological polar surface area (TPSA) is 39.2 Å². The highest BCUT2D eigenvalue weighted by Crippen LogP contribution is 2.10. The number of hydrogen-bond acceptors (Lipinski definition) is 3. The van der Waals surface area contributed by atoms with Crippen LogP contribution in [0.4, 0.5) is 0 Å². The Kier molecular flexibility index (Phi) is 7.64. The van der Waals surface area contributed by atoms with Gasteiger partial charge in [0.1, 0.15) is 0 Å². The zero-order chi connectivity index (χ0) is 17.0. The molecule has 3 heteroatoms. The van der Waals surface area contributed by atoms with Crippen molar-refractivity contribution in [2.45, 2.75) is 19.8 Å². The Morgan fingerprint density at radius 1 is 1.04 bits per heavy atom. The third kappa shape index (κ3) is 6.71. The maximum absolute atomic E-state index is 11.7. The van der Waals surface area contributed by atoms with Crippen LogP contribution in [-0.2, 0) is 9.53 Å². The molecule has 0 spiro atoms. The molecular formula is C21H23NO2. The molecule has 1 aromatic heterocycles. The zero-order valence-electron chi connectivity index (χ0n) is 14.0. The number of carbonyl (C=O) groups is 1. The summed E-state index contributed by atoms with van der Waals surface area (Å²) in [6.45, 7) is 3.30. The quantitative estimate of drug-likeness (QED) is 0.498. The second-order valence-electron chi connectivity index (χ2n) is 5.39. The smallest absolute Gasteiger partial charge is 0.155 e. The van der Waals surface area contributed by atoms with E-state index in [4.69, 9.17) is 4.74 Å². The van der Waals surface area contributed by atoms with Crippen molar-refractivity contribution in [3.8, 4) is 0 Å². The molecule has 0 unspecified atom stereocenters. The van der Waals surface area contributed by atoms with Gasteiger partial charge in [-0.25, -0.2) is 0 Å². The lowest BCUT2D eigenvalue weighted by atomic mass is 10.1. The van der Waals surface area contributed by atoms with Crippen molar-refractivity contribution in [3.05, 3.63) is 71.6 Å². The molecule has 0 saturated carbocycles. The van der Waals surface area contributed by atoms with Gasteiger partial charge in [-0.05, 0) is 42.2 Å². The fourth-order valence-corrected chi connectivity index (χ4v) is 2.15. The first-order chi connectivity index (χ1) is 11.8. The molecule has 124 valence electrons. The molecule has 0 bridgehead atoms. The Labute approximate surface area is 143 Å². The molecule has 0 saturated heterocycles. The molecule has 0 fully saturated rings. The number of aromatic nitrogens is 1. The highest BCUT2D eigenvalue weighted by atomic mass is 16.5. The summed E-state index contributed by atoms with van der Waals surface area (Å²) < 4.78 is 5.23. The summed E-state index contributed by atoms with van der Waals surface area (Å²) in [6, 6.07) is 12.0. The summed E-state index contributed by atoms with van der Waals surface area (Å²) in [6.07, 6.45) is 12.5. The molecule has 0 aliphatic carbocycles. The third-order valence-electron chi connectivity index (χ3n) is 3.47. The predicted octanol–water partition coefficient (Wildman–Crippen LogP) is 4.65. The number of ether oxygens (including phenoxy) is 1. The minimum Gasteiger partial charge on any atom is -0.382 e. The maximum Gasteiger partial charge on any atom is 0.155 e. The van der Waals surface area contributed by atoms with Gasteiger partial charge in [-0.15, -0.1) is 0 Å². The first kappa shape index (κ1) is 17.8. The van der Waals surface area contributed by atoms with E-state index in [0.717, 1.165) is 23.1 Å². The monoisotopic (exact) mass is 321 g/mol. The molecule has 2 aromatic rings. The van der Waals surface area contributed by atoms with Gasteiger partial charge < -0.3 is 4.74 Å². The minimum atomic E-state index is 0.134. The summed E-state index contributed by atoms with van der Waals surface area (Å²) in [5, 5.41) is 0. The zero-order valence-corrected chi connectivity index (χ0v) is 14.0. The number of carbonyl (C=O) groups excluding carboxylic acids is 1. The van der Waals surface area contributed by atoms with Crippen molar-refractivity contribution in [2.75, 3.05) is 13.2 Å². The Morgan fingerprint density at radius 3 is 2.42 bits per heavy atom. The fraction of sp³-hybridized carbons (Fsp3) is 0.238. The molecular weight excluding hydrogens is 298 g/mol. The first-order valence-corrected chi connectivity index (χ1v) is 8.25. The average molecular weight is 321 g/mol. The molecule has 0 radical (unpaired) electrons. The standard InChI is InChI=1S/C21H23NO2/c1-2-24-16-4-6-21(23)14-13-19-9-7-18(8-10-19)11-12-20-5-3-15-22-17-20/h3,5,7-15,17H,2,4,6,16H2,1H3/b12-11+,14-13+. The van der Waals surface area contributed by atoms with Crippen LogP contribution in [0, 0.1) is 0 Å². The predicted molar refractivity (Wildman–Crippen MR) is 99.4 cm³/mol. The Morgan fingerprint density at radius 2 is 1.75 bits per heavy atom. The van der Waals surface area contributed by atoms with E-state index in [1.165, 1.54) is 0 Å². The highest BCUT2D eigenvalue weighted by Gasteiger charge is 1.97. The lowest BCUT2D eigenvalue weighted by molar-refractivity contribution is -0.114. The number of hydrogen-bond donors (Lipinski definition) is 0. The number of nitrogens with zero attached hydrogens (tertiary/aromatic N) is 1. The lowest BCUT2D eigenvalue weighted by Gasteiger charge is -1.99. The molecule has 3 nitrogen and oxygen atoms in total. The molecule has 0 atom stereocenters. The number of rotatable bonds is 9. The van der Waals surface area contributed by atoms with Gasteiger partial charge in [-0.3, -0.25) is 9.78 Å². The highest BCUT2D eigenvalue weighted by molar-refractivity contribution is 5.93. The van der Waals surface area contributed by atoms with Crippen molar-refractivity contribution < 1.29 is 9.53 Å². The van der Waals surface area contributed by atoms with Crippen LogP contribution in [0.15, 0.2) is 54.9 Å². The largest absolute Gasteiger partial charge is 0.382 e. The van der Waals surface area contributed by atoms with Gasteiger partial charge >= 0.3 is 0 Å². The molecule has 1 heterocycles. The van der Waals surface area contributed by atoms with Crippen LogP contribution in [0.3, 0.4) is 0 Å². The SMILES string of the molecule is CCOCCCC(=O)/C=C/c1ccc(/C=C/c2cccnc2)cc1. The van der Waals surface area contributed by atoms with Gasteiger partial charge in [0.2, 0.25) is 0 Å². The van der Waals surface area contributed by atoms with Crippen molar-refractivity contribution >= 4 is 24.0 Å². The van der Waals surface area contributed by atoms with Crippen molar-refractivity contribution in [2.24, 2.45) is 0 Å². The van der Waals surface area contributed by atoms with Crippen LogP contribution < -0.4 is 0 Å². The number of ketones is 1. The molecule has 0 aliphatic rings. The van der Waals surface area contributed by atoms with Gasteiger partial charge in [-0.2, -0.15) is 0 Å². The van der Waals surface area contributed by atoms with Gasteiger partial charge in [0.15, 0.2) is 5.78 Å². The van der Waals surface area contributed by atoms with E-state index in [0.29, 0.717) is 19.6 Å². The summed E-state index contributed by atoms with van der Waals surface area (Å²) >= 11 is 0. The van der Waals surface area contributed by atoms with E-state index in [-0.39, 0.29) is 5.78 Å². The number of allylic oxidation sites excluding steroid dienone is 1. The van der Waals surface area contributed by atoms with Gasteiger partial charge in [0.05, 0.1) is 0 Å². The van der Waals surface area contributed by atoms with Crippen LogP contribution in [0.5, 0.6) is 0 Å². The summed E-state index contributed by atoms with van der Waals surface area (Å²) in [5.74, 6) is 0.134. The van der Waals surface area contributed by atoms with E-state index in [1.807, 2.05) is 67.7 Å². The fourth-order valence-electron chi connectivity index (χ4n) is 2.15. The number of pyridine rings is 1. The first-order valence-electron chi connectivity index (χ1n) is 8.25. The second kappa shape index (κ2) is 10.3. The van der Waals surface area contributed by atoms with Crippen molar-refractivity contribution in [1.29, 1.82) is 0 Å². The Balaban J connectivity index is 1.84. The molecule has 0 aliphatic heterocycles. The molecule has 24 heavy (non-hydrogen) atoms. The van der Waals surface area contributed by atoms with Gasteiger partial charge in [0.25, 0.3) is 0 Å². The molecule has 1 aromatic carbocycles. The van der Waals surface area contributed by atoms with E-state index < -0.39 is 0 Å².